The first-order chi connectivity index (χ1) is 7.24. The predicted molar refractivity (Wildman–Crippen MR) is 59.6 cm³/mol. The highest BCUT2D eigenvalue weighted by Crippen LogP contribution is 2.27. The van der Waals surface area contributed by atoms with Crippen molar-refractivity contribution in [3.63, 3.8) is 0 Å². The van der Waals surface area contributed by atoms with Gasteiger partial charge in [-0.15, -0.1) is 5.10 Å². The van der Waals surface area contributed by atoms with Crippen LogP contribution in [0.2, 0.25) is 0 Å². The Kier molecular flexibility index (Phi) is 3.05. The van der Waals surface area contributed by atoms with Crippen LogP contribution in [0.3, 0.4) is 0 Å². The van der Waals surface area contributed by atoms with Crippen LogP contribution in [-0.2, 0) is 13.5 Å². The Hall–Kier alpha value is -0.900. The quantitative estimate of drug-likeness (QED) is 0.810. The summed E-state index contributed by atoms with van der Waals surface area (Å²) in [6, 6.07) is 0. The standard InChI is InChI=1S/C11H20N4/c1-3-5-11(6-4-7-12-11)8-10-9-15(2)14-13-10/h9,12H,3-8H2,1-2H3. The van der Waals surface area contributed by atoms with Crippen molar-refractivity contribution in [3.8, 4) is 0 Å². The normalized spacial score (nSPS) is 26.0. The Morgan fingerprint density at radius 2 is 2.47 bits per heavy atom. The fourth-order valence-corrected chi connectivity index (χ4v) is 2.62. The summed E-state index contributed by atoms with van der Waals surface area (Å²) in [5.41, 5.74) is 1.41. The third kappa shape index (κ3) is 2.37. The van der Waals surface area contributed by atoms with E-state index in [1.807, 2.05) is 13.2 Å². The average molecular weight is 208 g/mol. The van der Waals surface area contributed by atoms with Crippen LogP contribution in [0.1, 0.15) is 38.3 Å². The van der Waals surface area contributed by atoms with Gasteiger partial charge in [-0.3, -0.25) is 4.68 Å². The highest BCUT2D eigenvalue weighted by atomic mass is 15.4. The molecule has 0 amide bonds. The molecule has 0 aliphatic carbocycles. The maximum absolute atomic E-state index is 4.18. The molecule has 2 rings (SSSR count). The summed E-state index contributed by atoms with van der Waals surface area (Å²) in [6.07, 6.45) is 8.08. The van der Waals surface area contributed by atoms with Crippen molar-refractivity contribution in [2.75, 3.05) is 6.54 Å². The van der Waals surface area contributed by atoms with Crippen LogP contribution >= 0.6 is 0 Å². The monoisotopic (exact) mass is 208 g/mol. The first kappa shape index (κ1) is 10.6. The molecule has 0 spiro atoms. The fourth-order valence-electron chi connectivity index (χ4n) is 2.62. The largest absolute Gasteiger partial charge is 0.311 e. The molecule has 1 aromatic rings. The van der Waals surface area contributed by atoms with Crippen molar-refractivity contribution in [1.82, 2.24) is 20.3 Å². The highest BCUT2D eigenvalue weighted by molar-refractivity contribution is 5.05. The van der Waals surface area contributed by atoms with Crippen molar-refractivity contribution in [3.05, 3.63) is 11.9 Å². The number of nitrogens with one attached hydrogen (secondary N) is 1. The molecule has 0 aromatic carbocycles. The first-order valence-electron chi connectivity index (χ1n) is 5.84. The molecule has 4 nitrogen and oxygen atoms in total. The van der Waals surface area contributed by atoms with Crippen molar-refractivity contribution in [2.24, 2.45) is 7.05 Å². The van der Waals surface area contributed by atoms with Gasteiger partial charge in [-0.25, -0.2) is 0 Å². The van der Waals surface area contributed by atoms with Crippen LogP contribution in [0.5, 0.6) is 0 Å². The molecule has 84 valence electrons. The summed E-state index contributed by atoms with van der Waals surface area (Å²) in [4.78, 5) is 0. The summed E-state index contributed by atoms with van der Waals surface area (Å²) in [5.74, 6) is 0. The topological polar surface area (TPSA) is 42.7 Å². The molecule has 2 heterocycles. The van der Waals surface area contributed by atoms with Gasteiger partial charge in [0.05, 0.1) is 5.69 Å². The molecule has 0 radical (unpaired) electrons. The van der Waals surface area contributed by atoms with E-state index in [1.165, 1.54) is 25.7 Å². The lowest BCUT2D eigenvalue weighted by atomic mass is 9.87. The molecule has 0 saturated carbocycles. The van der Waals surface area contributed by atoms with Crippen LogP contribution in [0, 0.1) is 0 Å². The van der Waals surface area contributed by atoms with Crippen molar-refractivity contribution < 1.29 is 0 Å². The second kappa shape index (κ2) is 4.31. The maximum Gasteiger partial charge on any atom is 0.0845 e. The number of aryl methyl sites for hydroxylation is 1. The lowest BCUT2D eigenvalue weighted by Gasteiger charge is -2.28. The summed E-state index contributed by atoms with van der Waals surface area (Å²) < 4.78 is 1.78. The summed E-state index contributed by atoms with van der Waals surface area (Å²) >= 11 is 0. The Bertz CT molecular complexity index is 312. The summed E-state index contributed by atoms with van der Waals surface area (Å²) in [5, 5.41) is 11.8. The molecular weight excluding hydrogens is 188 g/mol. The van der Waals surface area contributed by atoms with Gasteiger partial charge in [-0.05, 0) is 25.8 Å². The van der Waals surface area contributed by atoms with E-state index in [2.05, 4.69) is 22.6 Å². The third-order valence-corrected chi connectivity index (χ3v) is 3.23. The maximum atomic E-state index is 4.18. The molecular formula is C11H20N4. The van der Waals surface area contributed by atoms with Crippen molar-refractivity contribution >= 4 is 0 Å². The van der Waals surface area contributed by atoms with Gasteiger partial charge in [0.2, 0.25) is 0 Å². The number of nitrogens with zero attached hydrogens (tertiary/aromatic N) is 3. The van der Waals surface area contributed by atoms with E-state index in [0.29, 0.717) is 5.54 Å². The Labute approximate surface area is 91.1 Å². The van der Waals surface area contributed by atoms with Gasteiger partial charge in [0.1, 0.15) is 0 Å². The minimum absolute atomic E-state index is 0.296. The van der Waals surface area contributed by atoms with Crippen LogP contribution < -0.4 is 5.32 Å². The lowest BCUT2D eigenvalue weighted by Crippen LogP contribution is -2.41. The fraction of sp³-hybridized carbons (Fsp3) is 0.818. The van der Waals surface area contributed by atoms with E-state index in [-0.39, 0.29) is 0 Å². The number of aromatic nitrogens is 3. The van der Waals surface area contributed by atoms with Gasteiger partial charge in [-0.1, -0.05) is 18.6 Å². The van der Waals surface area contributed by atoms with Gasteiger partial charge in [-0.2, -0.15) is 0 Å². The van der Waals surface area contributed by atoms with E-state index in [1.54, 1.807) is 4.68 Å². The molecule has 1 aromatic heterocycles. The molecule has 0 bridgehead atoms. The van der Waals surface area contributed by atoms with Crippen LogP contribution in [0.25, 0.3) is 0 Å². The van der Waals surface area contributed by atoms with Gasteiger partial charge < -0.3 is 5.32 Å². The van der Waals surface area contributed by atoms with E-state index >= 15 is 0 Å². The smallest absolute Gasteiger partial charge is 0.0845 e. The Balaban J connectivity index is 2.06. The molecule has 1 saturated heterocycles. The van der Waals surface area contributed by atoms with Crippen molar-refractivity contribution in [1.29, 1.82) is 0 Å². The first-order valence-corrected chi connectivity index (χ1v) is 5.84. The van der Waals surface area contributed by atoms with Gasteiger partial charge in [0.25, 0.3) is 0 Å². The van der Waals surface area contributed by atoms with E-state index < -0.39 is 0 Å². The minimum Gasteiger partial charge on any atom is -0.311 e. The highest BCUT2D eigenvalue weighted by Gasteiger charge is 2.33. The zero-order valence-corrected chi connectivity index (χ0v) is 9.66. The number of hydrogen-bond donors (Lipinski definition) is 1. The second-order valence-electron chi connectivity index (χ2n) is 4.62. The van der Waals surface area contributed by atoms with Crippen LogP contribution in [0.15, 0.2) is 6.20 Å². The van der Waals surface area contributed by atoms with E-state index in [9.17, 15) is 0 Å². The predicted octanol–water partition coefficient (Wildman–Crippen LogP) is 1.28. The lowest BCUT2D eigenvalue weighted by molar-refractivity contribution is 0.339. The second-order valence-corrected chi connectivity index (χ2v) is 4.62. The number of hydrogen-bond acceptors (Lipinski definition) is 3. The SMILES string of the molecule is CCCC1(Cc2cn(C)nn2)CCCN1. The molecule has 1 aliphatic heterocycles. The van der Waals surface area contributed by atoms with Gasteiger partial charge in [0.15, 0.2) is 0 Å². The van der Waals surface area contributed by atoms with E-state index in [0.717, 1.165) is 18.7 Å². The molecule has 4 heteroatoms. The molecule has 1 aliphatic rings. The molecule has 1 atom stereocenters. The van der Waals surface area contributed by atoms with Crippen LogP contribution in [-0.4, -0.2) is 27.1 Å². The Morgan fingerprint density at radius 1 is 1.60 bits per heavy atom. The van der Waals surface area contributed by atoms with E-state index in [4.69, 9.17) is 0 Å². The van der Waals surface area contributed by atoms with Gasteiger partial charge >= 0.3 is 0 Å². The molecule has 15 heavy (non-hydrogen) atoms. The van der Waals surface area contributed by atoms with Crippen LogP contribution in [0.4, 0.5) is 0 Å². The van der Waals surface area contributed by atoms with Gasteiger partial charge in [0, 0.05) is 25.2 Å². The molecule has 1 fully saturated rings. The average Bonchev–Trinajstić information content (AvgIpc) is 2.78. The molecule has 1 unspecified atom stereocenters. The summed E-state index contributed by atoms with van der Waals surface area (Å²) in [7, 11) is 1.92. The van der Waals surface area contributed by atoms with Crippen molar-refractivity contribution in [2.45, 2.75) is 44.6 Å². The Morgan fingerprint density at radius 3 is 3.00 bits per heavy atom. The molecule has 1 N–H and O–H groups in total. The zero-order chi connectivity index (χ0) is 10.7. The minimum atomic E-state index is 0.296. The summed E-state index contributed by atoms with van der Waals surface area (Å²) in [6.45, 7) is 3.40. The number of rotatable bonds is 4. The zero-order valence-electron chi connectivity index (χ0n) is 9.66. The third-order valence-electron chi connectivity index (χ3n) is 3.23.